The number of benzene rings is 2. The number of esters is 1. The van der Waals surface area contributed by atoms with Gasteiger partial charge in [-0.05, 0) is 17.7 Å². The number of aromatic amines is 1. The van der Waals surface area contributed by atoms with E-state index >= 15 is 0 Å². The van der Waals surface area contributed by atoms with E-state index in [2.05, 4.69) is 4.98 Å². The summed E-state index contributed by atoms with van der Waals surface area (Å²) in [5.74, 6) is -0.394. The Kier molecular flexibility index (Phi) is 2.30. The number of fused-ring (bicyclic) bond motifs is 5. The first kappa shape index (κ1) is 11.9. The third kappa shape index (κ3) is 1.50. The van der Waals surface area contributed by atoms with Crippen molar-refractivity contribution in [1.29, 1.82) is 0 Å². The van der Waals surface area contributed by atoms with E-state index < -0.39 is 5.97 Å². The summed E-state index contributed by atoms with van der Waals surface area (Å²) in [6.45, 7) is 0. The number of rotatable bonds is 1. The minimum absolute atomic E-state index is 0.00332. The van der Waals surface area contributed by atoms with Crippen LogP contribution >= 0.6 is 0 Å². The van der Waals surface area contributed by atoms with Gasteiger partial charge in [-0.1, -0.05) is 30.3 Å². The molecule has 1 aliphatic rings. The second-order valence-corrected chi connectivity index (χ2v) is 5.00. The first-order chi connectivity index (χ1) is 10.2. The monoisotopic (exact) mass is 277 g/mol. The molecule has 0 bridgehead atoms. The normalized spacial score (nSPS) is 12.3. The van der Waals surface area contributed by atoms with Crippen molar-refractivity contribution in [2.24, 2.45) is 0 Å². The summed E-state index contributed by atoms with van der Waals surface area (Å²) >= 11 is 0. The minimum Gasteiger partial charge on any atom is -0.465 e. The molecule has 0 saturated carbocycles. The number of hydrogen-bond acceptors (Lipinski definition) is 3. The molecule has 0 saturated heterocycles. The topological polar surface area (TPSA) is 59.2 Å². The van der Waals surface area contributed by atoms with Crippen LogP contribution in [0.4, 0.5) is 0 Å². The summed E-state index contributed by atoms with van der Waals surface area (Å²) in [5, 5.41) is 0.941. The SMILES string of the molecule is COC(=O)c1ccc2c3c([nH]c2c1)C(=O)c1ccccc1-3. The third-order valence-electron chi connectivity index (χ3n) is 3.89. The van der Waals surface area contributed by atoms with E-state index in [-0.39, 0.29) is 5.78 Å². The highest BCUT2D eigenvalue weighted by Crippen LogP contribution is 2.41. The Morgan fingerprint density at radius 2 is 1.86 bits per heavy atom. The number of methoxy groups -OCH3 is 1. The minimum atomic E-state index is -0.390. The first-order valence-corrected chi connectivity index (χ1v) is 6.59. The Balaban J connectivity index is 2.01. The lowest BCUT2D eigenvalue weighted by Crippen LogP contribution is -2.00. The maximum Gasteiger partial charge on any atom is 0.337 e. The Morgan fingerprint density at radius 3 is 2.62 bits per heavy atom. The van der Waals surface area contributed by atoms with Crippen molar-refractivity contribution in [2.45, 2.75) is 0 Å². The lowest BCUT2D eigenvalue weighted by molar-refractivity contribution is 0.0601. The Bertz CT molecular complexity index is 921. The summed E-state index contributed by atoms with van der Waals surface area (Å²) in [4.78, 5) is 27.1. The number of carbonyl (C=O) groups excluding carboxylic acids is 2. The number of ketones is 1. The molecule has 0 unspecified atom stereocenters. The standard InChI is InChI=1S/C17H11NO3/c1-21-17(20)9-6-7-12-13(8-9)18-15-14(12)10-4-2-3-5-11(10)16(15)19/h2-8,18H,1H3. The van der Waals surface area contributed by atoms with Crippen LogP contribution in [0.1, 0.15) is 26.4 Å². The first-order valence-electron chi connectivity index (χ1n) is 6.59. The molecule has 0 aliphatic heterocycles. The quantitative estimate of drug-likeness (QED) is 0.544. The Hall–Kier alpha value is -2.88. The average molecular weight is 277 g/mol. The van der Waals surface area contributed by atoms with Crippen molar-refractivity contribution in [3.8, 4) is 11.1 Å². The zero-order chi connectivity index (χ0) is 14.6. The van der Waals surface area contributed by atoms with Crippen molar-refractivity contribution in [3.63, 3.8) is 0 Å². The molecular formula is C17H11NO3. The van der Waals surface area contributed by atoms with Crippen LogP contribution in [0.5, 0.6) is 0 Å². The van der Waals surface area contributed by atoms with Gasteiger partial charge < -0.3 is 9.72 Å². The molecule has 1 aromatic heterocycles. The van der Waals surface area contributed by atoms with Crippen LogP contribution in [0.25, 0.3) is 22.0 Å². The summed E-state index contributed by atoms with van der Waals surface area (Å²) < 4.78 is 4.72. The number of aromatic nitrogens is 1. The van der Waals surface area contributed by atoms with Crippen molar-refractivity contribution in [3.05, 3.63) is 59.3 Å². The lowest BCUT2D eigenvalue weighted by Gasteiger charge is -2.01. The third-order valence-corrected chi connectivity index (χ3v) is 3.89. The molecule has 0 atom stereocenters. The average Bonchev–Trinajstić information content (AvgIpc) is 3.03. The largest absolute Gasteiger partial charge is 0.465 e. The van der Waals surface area contributed by atoms with Crippen LogP contribution in [0, 0.1) is 0 Å². The van der Waals surface area contributed by atoms with Crippen molar-refractivity contribution < 1.29 is 14.3 Å². The molecular weight excluding hydrogens is 266 g/mol. The molecule has 0 amide bonds. The maximum atomic E-state index is 12.4. The van der Waals surface area contributed by atoms with Crippen LogP contribution in [0.3, 0.4) is 0 Å². The van der Waals surface area contributed by atoms with Gasteiger partial charge in [0, 0.05) is 22.0 Å². The molecule has 4 nitrogen and oxygen atoms in total. The van der Waals surface area contributed by atoms with Crippen molar-refractivity contribution in [2.75, 3.05) is 7.11 Å². The summed E-state index contributed by atoms with van der Waals surface area (Å²) in [6, 6.07) is 12.8. The molecule has 4 heteroatoms. The molecule has 0 fully saturated rings. The molecule has 21 heavy (non-hydrogen) atoms. The summed E-state index contributed by atoms with van der Waals surface area (Å²) in [5.41, 5.74) is 4.40. The van der Waals surface area contributed by atoms with Crippen LogP contribution in [-0.2, 0) is 4.74 Å². The molecule has 0 radical (unpaired) electrons. The molecule has 1 aliphatic carbocycles. The maximum absolute atomic E-state index is 12.4. The molecule has 1 N–H and O–H groups in total. The number of H-pyrrole nitrogens is 1. The molecule has 4 rings (SSSR count). The molecule has 3 aromatic rings. The van der Waals surface area contributed by atoms with Crippen LogP contribution in [-0.4, -0.2) is 23.8 Å². The van der Waals surface area contributed by atoms with Crippen LogP contribution < -0.4 is 0 Å². The predicted molar refractivity (Wildman–Crippen MR) is 78.5 cm³/mol. The fraction of sp³-hybridized carbons (Fsp3) is 0.0588. The van der Waals surface area contributed by atoms with Crippen molar-refractivity contribution in [1.82, 2.24) is 4.98 Å². The lowest BCUT2D eigenvalue weighted by atomic mass is 10.0. The van der Waals surface area contributed by atoms with Gasteiger partial charge in [0.05, 0.1) is 18.4 Å². The van der Waals surface area contributed by atoms with Gasteiger partial charge in [-0.2, -0.15) is 0 Å². The van der Waals surface area contributed by atoms with Gasteiger partial charge in [0.2, 0.25) is 5.78 Å². The fourth-order valence-corrected chi connectivity index (χ4v) is 2.93. The van der Waals surface area contributed by atoms with Gasteiger partial charge in [-0.3, -0.25) is 4.79 Å². The highest BCUT2D eigenvalue weighted by Gasteiger charge is 2.30. The summed E-state index contributed by atoms with van der Waals surface area (Å²) in [7, 11) is 1.35. The van der Waals surface area contributed by atoms with Gasteiger partial charge in [0.15, 0.2) is 0 Å². The zero-order valence-corrected chi connectivity index (χ0v) is 11.3. The molecule has 102 valence electrons. The van der Waals surface area contributed by atoms with Crippen LogP contribution in [0.2, 0.25) is 0 Å². The van der Waals surface area contributed by atoms with Crippen LogP contribution in [0.15, 0.2) is 42.5 Å². The van der Waals surface area contributed by atoms with E-state index in [1.54, 1.807) is 12.1 Å². The van der Waals surface area contributed by atoms with Gasteiger partial charge in [-0.15, -0.1) is 0 Å². The second kappa shape index (κ2) is 4.06. The number of ether oxygens (including phenoxy) is 1. The van der Waals surface area contributed by atoms with E-state index in [1.807, 2.05) is 30.3 Å². The number of carbonyl (C=O) groups is 2. The molecule has 1 heterocycles. The summed E-state index contributed by atoms with van der Waals surface area (Å²) in [6.07, 6.45) is 0. The van der Waals surface area contributed by atoms with E-state index in [1.165, 1.54) is 7.11 Å². The molecule has 0 spiro atoms. The second-order valence-electron chi connectivity index (χ2n) is 5.00. The smallest absolute Gasteiger partial charge is 0.337 e. The zero-order valence-electron chi connectivity index (χ0n) is 11.3. The predicted octanol–water partition coefficient (Wildman–Crippen LogP) is 3.17. The van der Waals surface area contributed by atoms with E-state index in [0.717, 1.165) is 27.6 Å². The van der Waals surface area contributed by atoms with E-state index in [0.29, 0.717) is 11.3 Å². The number of nitrogens with one attached hydrogen (secondary N) is 1. The number of hydrogen-bond donors (Lipinski definition) is 1. The Morgan fingerprint density at radius 1 is 1.10 bits per heavy atom. The highest BCUT2D eigenvalue weighted by atomic mass is 16.5. The van der Waals surface area contributed by atoms with Gasteiger partial charge in [-0.25, -0.2) is 4.79 Å². The van der Waals surface area contributed by atoms with E-state index in [9.17, 15) is 9.59 Å². The molecule has 2 aromatic carbocycles. The van der Waals surface area contributed by atoms with Gasteiger partial charge in [0.1, 0.15) is 0 Å². The fourth-order valence-electron chi connectivity index (χ4n) is 2.93. The highest BCUT2D eigenvalue weighted by molar-refractivity contribution is 6.25. The Labute approximate surface area is 120 Å². The van der Waals surface area contributed by atoms with Gasteiger partial charge in [0.25, 0.3) is 0 Å². The van der Waals surface area contributed by atoms with Gasteiger partial charge >= 0.3 is 5.97 Å². The van der Waals surface area contributed by atoms with Crippen molar-refractivity contribution >= 4 is 22.7 Å². The van der Waals surface area contributed by atoms with E-state index in [4.69, 9.17) is 4.74 Å².